The summed E-state index contributed by atoms with van der Waals surface area (Å²) in [6, 6.07) is 9.87. The van der Waals surface area contributed by atoms with Crippen LogP contribution in [-0.4, -0.2) is 16.8 Å². The van der Waals surface area contributed by atoms with Crippen LogP contribution in [0.25, 0.3) is 0 Å². The Balaban J connectivity index is 2.20. The Morgan fingerprint density at radius 3 is 1.91 bits per heavy atom. The van der Waals surface area contributed by atoms with E-state index in [4.69, 9.17) is 28.3 Å². The number of benzene rings is 2. The zero-order valence-electron chi connectivity index (χ0n) is 11.5. The van der Waals surface area contributed by atoms with E-state index in [1.807, 2.05) is 0 Å². The van der Waals surface area contributed by atoms with Crippen LogP contribution in [0.15, 0.2) is 52.3 Å². The van der Waals surface area contributed by atoms with E-state index in [1.54, 1.807) is 0 Å². The highest BCUT2D eigenvalue weighted by atomic mass is 35.5. The van der Waals surface area contributed by atoms with Crippen molar-refractivity contribution in [3.05, 3.63) is 58.1 Å². The SMILES string of the molecule is NS(=O)(=O)c1ccc(CNS(=O)(=O)c2c(Cl)cccc2Cl)cc1. The monoisotopic (exact) mass is 394 g/mol. The van der Waals surface area contributed by atoms with Crippen molar-refractivity contribution >= 4 is 43.2 Å². The van der Waals surface area contributed by atoms with Gasteiger partial charge in [-0.1, -0.05) is 41.4 Å². The molecule has 0 amide bonds. The van der Waals surface area contributed by atoms with Gasteiger partial charge in [-0.3, -0.25) is 0 Å². The third kappa shape index (κ3) is 4.43. The van der Waals surface area contributed by atoms with Gasteiger partial charge in [-0.25, -0.2) is 26.7 Å². The minimum Gasteiger partial charge on any atom is -0.225 e. The summed E-state index contributed by atoms with van der Waals surface area (Å²) in [6.45, 7) is -0.0607. The molecular formula is C13H12Cl2N2O4S2. The number of halogens is 2. The molecule has 0 aromatic heterocycles. The molecule has 2 aromatic carbocycles. The van der Waals surface area contributed by atoms with Crippen LogP contribution in [0.1, 0.15) is 5.56 Å². The van der Waals surface area contributed by atoms with Crippen molar-refractivity contribution in [1.29, 1.82) is 0 Å². The number of hydrogen-bond donors (Lipinski definition) is 2. The molecule has 23 heavy (non-hydrogen) atoms. The zero-order chi connectivity index (χ0) is 17.3. The normalized spacial score (nSPS) is 12.3. The molecule has 0 saturated carbocycles. The van der Waals surface area contributed by atoms with Gasteiger partial charge in [0.05, 0.1) is 14.9 Å². The molecule has 0 aliphatic carbocycles. The number of nitrogens with one attached hydrogen (secondary N) is 1. The minimum atomic E-state index is -3.92. The first-order valence-electron chi connectivity index (χ1n) is 6.17. The van der Waals surface area contributed by atoms with Crippen molar-refractivity contribution in [3.8, 4) is 0 Å². The summed E-state index contributed by atoms with van der Waals surface area (Å²) in [5.74, 6) is 0. The largest absolute Gasteiger partial charge is 0.243 e. The van der Waals surface area contributed by atoms with Crippen LogP contribution in [0.4, 0.5) is 0 Å². The first-order valence-corrected chi connectivity index (χ1v) is 9.95. The minimum absolute atomic E-state index is 0.00886. The first kappa shape index (κ1) is 18.2. The second-order valence-electron chi connectivity index (χ2n) is 4.56. The Labute approximate surface area is 144 Å². The van der Waals surface area contributed by atoms with E-state index >= 15 is 0 Å². The Morgan fingerprint density at radius 2 is 1.43 bits per heavy atom. The highest BCUT2D eigenvalue weighted by molar-refractivity contribution is 7.89. The molecule has 0 saturated heterocycles. The van der Waals surface area contributed by atoms with Gasteiger partial charge >= 0.3 is 0 Å². The summed E-state index contributed by atoms with van der Waals surface area (Å²) in [5.41, 5.74) is 0.546. The summed E-state index contributed by atoms with van der Waals surface area (Å²) in [7, 11) is -7.71. The lowest BCUT2D eigenvalue weighted by molar-refractivity contribution is 0.581. The molecule has 0 heterocycles. The Morgan fingerprint density at radius 1 is 0.913 bits per heavy atom. The molecule has 0 atom stereocenters. The number of primary sulfonamides is 1. The van der Waals surface area contributed by atoms with Crippen LogP contribution >= 0.6 is 23.2 Å². The fourth-order valence-corrected chi connectivity index (χ4v) is 4.46. The topological polar surface area (TPSA) is 106 Å². The first-order chi connectivity index (χ1) is 10.6. The zero-order valence-corrected chi connectivity index (χ0v) is 14.7. The number of rotatable bonds is 5. The van der Waals surface area contributed by atoms with Crippen molar-refractivity contribution in [2.45, 2.75) is 16.3 Å². The van der Waals surface area contributed by atoms with Gasteiger partial charge in [0, 0.05) is 6.54 Å². The fourth-order valence-electron chi connectivity index (χ4n) is 1.79. The van der Waals surface area contributed by atoms with Crippen molar-refractivity contribution in [3.63, 3.8) is 0 Å². The molecule has 2 aromatic rings. The Hall–Kier alpha value is -1.16. The van der Waals surface area contributed by atoms with Gasteiger partial charge in [-0.05, 0) is 29.8 Å². The molecule has 0 bridgehead atoms. The Bertz CT molecular complexity index is 907. The van der Waals surface area contributed by atoms with E-state index in [0.717, 1.165) is 0 Å². The van der Waals surface area contributed by atoms with Crippen LogP contribution in [0.3, 0.4) is 0 Å². The molecule has 0 aliphatic rings. The maximum atomic E-state index is 12.3. The maximum absolute atomic E-state index is 12.3. The molecule has 3 N–H and O–H groups in total. The van der Waals surface area contributed by atoms with E-state index in [2.05, 4.69) is 4.72 Å². The summed E-state index contributed by atoms with van der Waals surface area (Å²) in [6.07, 6.45) is 0. The van der Waals surface area contributed by atoms with Crippen molar-refractivity contribution in [2.24, 2.45) is 5.14 Å². The molecule has 6 nitrogen and oxygen atoms in total. The van der Waals surface area contributed by atoms with Crippen molar-refractivity contribution in [1.82, 2.24) is 4.72 Å². The quantitative estimate of drug-likeness (QED) is 0.809. The third-order valence-electron chi connectivity index (χ3n) is 2.91. The molecule has 0 unspecified atom stereocenters. The smallest absolute Gasteiger partial charge is 0.225 e. The number of hydrogen-bond acceptors (Lipinski definition) is 4. The van der Waals surface area contributed by atoms with Gasteiger partial charge in [0.1, 0.15) is 4.90 Å². The molecule has 10 heteroatoms. The van der Waals surface area contributed by atoms with Gasteiger partial charge in [0.2, 0.25) is 20.0 Å². The highest BCUT2D eigenvalue weighted by Gasteiger charge is 2.21. The van der Waals surface area contributed by atoms with Gasteiger partial charge in [-0.15, -0.1) is 0 Å². The van der Waals surface area contributed by atoms with E-state index in [9.17, 15) is 16.8 Å². The second kappa shape index (κ2) is 6.76. The molecule has 0 aliphatic heterocycles. The predicted octanol–water partition coefficient (Wildman–Crippen LogP) is 2.12. The second-order valence-corrected chi connectivity index (χ2v) is 8.64. The van der Waals surface area contributed by atoms with E-state index in [0.29, 0.717) is 5.56 Å². The average molecular weight is 395 g/mol. The van der Waals surface area contributed by atoms with Gasteiger partial charge in [0.15, 0.2) is 0 Å². The fraction of sp³-hybridized carbons (Fsp3) is 0.0769. The highest BCUT2D eigenvalue weighted by Crippen LogP contribution is 2.28. The maximum Gasteiger partial charge on any atom is 0.243 e. The molecule has 2 rings (SSSR count). The van der Waals surface area contributed by atoms with Gasteiger partial charge in [0.25, 0.3) is 0 Å². The standard InChI is InChI=1S/C13H12Cl2N2O4S2/c14-11-2-1-3-12(15)13(11)23(20,21)17-8-9-4-6-10(7-5-9)22(16,18)19/h1-7,17H,8H2,(H2,16,18,19). The third-order valence-corrected chi connectivity index (χ3v) is 6.19. The molecule has 0 radical (unpaired) electrons. The summed E-state index contributed by atoms with van der Waals surface area (Å²) >= 11 is 11.8. The van der Waals surface area contributed by atoms with E-state index < -0.39 is 20.0 Å². The van der Waals surface area contributed by atoms with E-state index in [1.165, 1.54) is 42.5 Å². The lowest BCUT2D eigenvalue weighted by Gasteiger charge is -2.10. The lowest BCUT2D eigenvalue weighted by atomic mass is 10.2. The number of nitrogens with two attached hydrogens (primary N) is 1. The van der Waals surface area contributed by atoms with Crippen molar-refractivity contribution in [2.75, 3.05) is 0 Å². The predicted molar refractivity (Wildman–Crippen MR) is 88.3 cm³/mol. The Kier molecular flexibility index (Phi) is 5.34. The number of sulfonamides is 2. The molecule has 0 spiro atoms. The van der Waals surface area contributed by atoms with Crippen molar-refractivity contribution < 1.29 is 16.8 Å². The molecule has 0 fully saturated rings. The molecule has 124 valence electrons. The van der Waals surface area contributed by atoms with Crippen LogP contribution in [0, 0.1) is 0 Å². The van der Waals surface area contributed by atoms with Gasteiger partial charge in [-0.2, -0.15) is 0 Å². The van der Waals surface area contributed by atoms with Crippen LogP contribution in [0.5, 0.6) is 0 Å². The molecular weight excluding hydrogens is 383 g/mol. The summed E-state index contributed by atoms with van der Waals surface area (Å²) < 4.78 is 49.2. The van der Waals surface area contributed by atoms with Crippen LogP contribution in [0.2, 0.25) is 10.0 Å². The van der Waals surface area contributed by atoms with Crippen LogP contribution in [-0.2, 0) is 26.6 Å². The van der Waals surface area contributed by atoms with Crippen LogP contribution < -0.4 is 9.86 Å². The summed E-state index contributed by atoms with van der Waals surface area (Å²) in [5, 5.41) is 5.01. The van der Waals surface area contributed by atoms with Gasteiger partial charge < -0.3 is 0 Å². The van der Waals surface area contributed by atoms with E-state index in [-0.39, 0.29) is 26.4 Å². The average Bonchev–Trinajstić information content (AvgIpc) is 2.44. The summed E-state index contributed by atoms with van der Waals surface area (Å²) in [4.78, 5) is -0.261. The lowest BCUT2D eigenvalue weighted by Crippen LogP contribution is -2.24.